The Labute approximate surface area is 173 Å². The highest BCUT2D eigenvalue weighted by Gasteiger charge is 2.06. The quantitative estimate of drug-likeness (QED) is 0.349. The van der Waals surface area contributed by atoms with Crippen LogP contribution in [0.5, 0.6) is 5.75 Å². The summed E-state index contributed by atoms with van der Waals surface area (Å²) in [6, 6.07) is 15.1. The highest BCUT2D eigenvalue weighted by atomic mass is 35.5. The minimum Gasteiger partial charge on any atom is -0.494 e. The molecular formula is C22H21ClN2O2S. The molecule has 2 aromatic carbocycles. The number of carbonyl (C=O) groups is 1. The van der Waals surface area contributed by atoms with Crippen molar-refractivity contribution < 1.29 is 9.53 Å². The van der Waals surface area contributed by atoms with Crippen molar-refractivity contribution in [2.75, 3.05) is 11.9 Å². The van der Waals surface area contributed by atoms with Crippen molar-refractivity contribution in [2.24, 2.45) is 0 Å². The molecule has 0 bridgehead atoms. The number of halogens is 1. The smallest absolute Gasteiger partial charge is 0.250 e. The van der Waals surface area contributed by atoms with Crippen LogP contribution in [-0.4, -0.2) is 17.5 Å². The minimum absolute atomic E-state index is 0.222. The molecule has 1 heterocycles. The van der Waals surface area contributed by atoms with Crippen molar-refractivity contribution in [2.45, 2.75) is 19.8 Å². The monoisotopic (exact) mass is 412 g/mol. The third kappa shape index (κ3) is 5.94. The zero-order chi connectivity index (χ0) is 19.8. The van der Waals surface area contributed by atoms with Crippen molar-refractivity contribution in [3.8, 4) is 17.0 Å². The summed E-state index contributed by atoms with van der Waals surface area (Å²) < 4.78 is 5.63. The van der Waals surface area contributed by atoms with Gasteiger partial charge in [0.1, 0.15) is 5.75 Å². The fourth-order valence-corrected chi connectivity index (χ4v) is 3.26. The molecule has 0 fully saturated rings. The Morgan fingerprint density at radius 2 is 1.93 bits per heavy atom. The fraction of sp³-hybridized carbons (Fsp3) is 0.182. The molecule has 0 unspecified atom stereocenters. The highest BCUT2D eigenvalue weighted by Crippen LogP contribution is 2.26. The first kappa shape index (κ1) is 20.1. The Balaban J connectivity index is 1.54. The van der Waals surface area contributed by atoms with Gasteiger partial charge in [-0.15, -0.1) is 11.3 Å². The summed E-state index contributed by atoms with van der Waals surface area (Å²) in [5.74, 6) is 0.618. The molecule has 1 amide bonds. The number of unbranched alkanes of at least 4 members (excludes halogenated alkanes) is 1. The molecule has 0 aliphatic carbocycles. The second-order valence-corrected chi connectivity index (χ2v) is 7.43. The van der Waals surface area contributed by atoms with Gasteiger partial charge >= 0.3 is 0 Å². The van der Waals surface area contributed by atoms with Crippen LogP contribution < -0.4 is 10.1 Å². The van der Waals surface area contributed by atoms with Gasteiger partial charge in [0.2, 0.25) is 5.91 Å². The van der Waals surface area contributed by atoms with Gasteiger partial charge in [0.25, 0.3) is 0 Å². The lowest BCUT2D eigenvalue weighted by molar-refractivity contribution is -0.111. The Morgan fingerprint density at radius 3 is 2.64 bits per heavy atom. The van der Waals surface area contributed by atoms with Crippen LogP contribution in [0.4, 0.5) is 5.13 Å². The number of carbonyl (C=O) groups excluding carboxylic acids is 1. The molecule has 1 N–H and O–H groups in total. The summed E-state index contributed by atoms with van der Waals surface area (Å²) >= 11 is 7.29. The second-order valence-electron chi connectivity index (χ2n) is 6.14. The van der Waals surface area contributed by atoms with Crippen molar-refractivity contribution in [3.63, 3.8) is 0 Å². The molecule has 144 valence electrons. The number of hydrogen-bond donors (Lipinski definition) is 1. The summed E-state index contributed by atoms with van der Waals surface area (Å²) in [4.78, 5) is 16.6. The largest absolute Gasteiger partial charge is 0.494 e. The van der Waals surface area contributed by atoms with Crippen LogP contribution in [0, 0.1) is 0 Å². The van der Waals surface area contributed by atoms with E-state index in [1.54, 1.807) is 6.08 Å². The number of nitrogens with one attached hydrogen (secondary N) is 1. The minimum atomic E-state index is -0.222. The van der Waals surface area contributed by atoms with E-state index >= 15 is 0 Å². The number of aromatic nitrogens is 1. The first-order valence-corrected chi connectivity index (χ1v) is 10.3. The Morgan fingerprint density at radius 1 is 1.18 bits per heavy atom. The van der Waals surface area contributed by atoms with Gasteiger partial charge in [-0.3, -0.25) is 10.1 Å². The maximum atomic E-state index is 12.1. The summed E-state index contributed by atoms with van der Waals surface area (Å²) in [6.45, 7) is 2.85. The molecule has 28 heavy (non-hydrogen) atoms. The van der Waals surface area contributed by atoms with Crippen LogP contribution >= 0.6 is 22.9 Å². The Hall–Kier alpha value is -2.63. The average molecular weight is 413 g/mol. The number of ether oxygens (including phenoxy) is 1. The third-order valence-corrected chi connectivity index (χ3v) is 4.96. The van der Waals surface area contributed by atoms with E-state index in [1.807, 2.05) is 53.9 Å². The zero-order valence-electron chi connectivity index (χ0n) is 15.5. The maximum Gasteiger partial charge on any atom is 0.250 e. The van der Waals surface area contributed by atoms with Crippen LogP contribution in [0.3, 0.4) is 0 Å². The van der Waals surface area contributed by atoms with Crippen LogP contribution in [0.25, 0.3) is 17.3 Å². The maximum absolute atomic E-state index is 12.1. The average Bonchev–Trinajstić information content (AvgIpc) is 3.16. The van der Waals surface area contributed by atoms with Crippen LogP contribution in [-0.2, 0) is 4.79 Å². The SMILES string of the molecule is CCCCOc1ccc(C=CC(=O)Nc2nc(-c3ccc(Cl)cc3)cs2)cc1. The lowest BCUT2D eigenvalue weighted by atomic mass is 10.2. The third-order valence-electron chi connectivity index (χ3n) is 3.95. The number of rotatable bonds is 8. The number of amides is 1. The van der Waals surface area contributed by atoms with Gasteiger partial charge in [0.15, 0.2) is 5.13 Å². The lowest BCUT2D eigenvalue weighted by Crippen LogP contribution is -2.07. The van der Waals surface area contributed by atoms with E-state index in [2.05, 4.69) is 17.2 Å². The van der Waals surface area contributed by atoms with Crippen LogP contribution in [0.15, 0.2) is 60.0 Å². The zero-order valence-corrected chi connectivity index (χ0v) is 17.1. The topological polar surface area (TPSA) is 51.2 Å². The van der Waals surface area contributed by atoms with E-state index < -0.39 is 0 Å². The fourth-order valence-electron chi connectivity index (χ4n) is 2.41. The van der Waals surface area contributed by atoms with Gasteiger partial charge < -0.3 is 4.74 Å². The molecule has 0 aliphatic heterocycles. The standard InChI is InChI=1S/C22H21ClN2O2S/c1-2-3-14-27-19-11-4-16(5-12-19)6-13-21(26)25-22-24-20(15-28-22)17-7-9-18(23)10-8-17/h4-13,15H,2-3,14H2,1H3,(H,24,25,26). The highest BCUT2D eigenvalue weighted by molar-refractivity contribution is 7.14. The lowest BCUT2D eigenvalue weighted by Gasteiger charge is -2.05. The molecule has 4 nitrogen and oxygen atoms in total. The van der Waals surface area contributed by atoms with Crippen molar-refractivity contribution in [3.05, 3.63) is 70.6 Å². The van der Waals surface area contributed by atoms with Crippen molar-refractivity contribution in [1.29, 1.82) is 0 Å². The van der Waals surface area contributed by atoms with Crippen molar-refractivity contribution in [1.82, 2.24) is 4.98 Å². The van der Waals surface area contributed by atoms with E-state index in [1.165, 1.54) is 17.4 Å². The van der Waals surface area contributed by atoms with E-state index in [0.717, 1.165) is 42.0 Å². The van der Waals surface area contributed by atoms with Gasteiger partial charge in [-0.1, -0.05) is 49.2 Å². The van der Waals surface area contributed by atoms with E-state index in [9.17, 15) is 4.79 Å². The molecule has 0 saturated carbocycles. The number of hydrogen-bond acceptors (Lipinski definition) is 4. The second kappa shape index (κ2) is 10.1. The molecular weight excluding hydrogens is 392 g/mol. The summed E-state index contributed by atoms with van der Waals surface area (Å²) in [6.07, 6.45) is 5.41. The number of thiazole rings is 1. The number of nitrogens with zero attached hydrogens (tertiary/aromatic N) is 1. The predicted molar refractivity (Wildman–Crippen MR) is 117 cm³/mol. The van der Waals surface area contributed by atoms with E-state index in [-0.39, 0.29) is 5.91 Å². The predicted octanol–water partition coefficient (Wildman–Crippen LogP) is 6.29. The Bertz CT molecular complexity index is 934. The Kier molecular flexibility index (Phi) is 7.23. The van der Waals surface area contributed by atoms with Crippen LogP contribution in [0.2, 0.25) is 5.02 Å². The van der Waals surface area contributed by atoms with Gasteiger partial charge in [0.05, 0.1) is 12.3 Å². The summed E-state index contributed by atoms with van der Waals surface area (Å²) in [7, 11) is 0. The van der Waals surface area contributed by atoms with Gasteiger partial charge in [-0.05, 0) is 42.3 Å². The molecule has 6 heteroatoms. The number of anilines is 1. The first-order chi connectivity index (χ1) is 13.6. The van der Waals surface area contributed by atoms with E-state index in [4.69, 9.17) is 16.3 Å². The summed E-state index contributed by atoms with van der Waals surface area (Å²) in [5, 5.41) is 5.93. The molecule has 0 radical (unpaired) electrons. The number of benzene rings is 2. The molecule has 0 saturated heterocycles. The van der Waals surface area contributed by atoms with Gasteiger partial charge in [-0.25, -0.2) is 4.98 Å². The molecule has 3 rings (SSSR count). The summed E-state index contributed by atoms with van der Waals surface area (Å²) in [5.41, 5.74) is 2.69. The molecule has 0 atom stereocenters. The van der Waals surface area contributed by atoms with Gasteiger partial charge in [0, 0.05) is 22.0 Å². The van der Waals surface area contributed by atoms with E-state index in [0.29, 0.717) is 10.2 Å². The molecule has 0 aliphatic rings. The molecule has 3 aromatic rings. The van der Waals surface area contributed by atoms with Gasteiger partial charge in [-0.2, -0.15) is 0 Å². The van der Waals surface area contributed by atoms with Crippen molar-refractivity contribution >= 4 is 40.1 Å². The normalized spacial score (nSPS) is 10.9. The molecule has 1 aromatic heterocycles. The first-order valence-electron chi connectivity index (χ1n) is 9.07. The van der Waals surface area contributed by atoms with Crippen LogP contribution in [0.1, 0.15) is 25.3 Å². The molecule has 0 spiro atoms.